The maximum absolute atomic E-state index is 13.2. The van der Waals surface area contributed by atoms with E-state index >= 15 is 0 Å². The minimum atomic E-state index is -3.89. The van der Waals surface area contributed by atoms with Crippen LogP contribution in [-0.4, -0.2) is 33.3 Å². The van der Waals surface area contributed by atoms with E-state index < -0.39 is 21.9 Å². The Labute approximate surface area is 125 Å². The van der Waals surface area contributed by atoms with Crippen LogP contribution in [0, 0.1) is 11.2 Å². The molecule has 0 spiro atoms. The van der Waals surface area contributed by atoms with Crippen LogP contribution in [0.1, 0.15) is 27.2 Å². The lowest BCUT2D eigenvalue weighted by atomic mass is 9.87. The molecule has 0 fully saturated rings. The second-order valence-electron chi connectivity index (χ2n) is 5.86. The lowest BCUT2D eigenvalue weighted by Crippen LogP contribution is -2.32. The Hall–Kier alpha value is -1.18. The Balaban J connectivity index is 2.81. The fourth-order valence-corrected chi connectivity index (χ4v) is 2.93. The Bertz CT molecular complexity index is 581. The zero-order valence-electron chi connectivity index (χ0n) is 12.7. The van der Waals surface area contributed by atoms with E-state index in [2.05, 4.69) is 4.72 Å². The minimum absolute atomic E-state index is 0.0560. The molecule has 0 unspecified atom stereocenters. The average molecular weight is 319 g/mol. The molecule has 0 aliphatic rings. The van der Waals surface area contributed by atoms with Crippen LogP contribution in [0.15, 0.2) is 23.1 Å². The molecule has 0 saturated heterocycles. The second kappa shape index (κ2) is 6.72. The van der Waals surface area contributed by atoms with Gasteiger partial charge in [0, 0.05) is 6.54 Å². The number of halogens is 1. The zero-order chi connectivity index (χ0) is 16.3. The smallest absolute Gasteiger partial charge is 0.244 e. The molecule has 2 N–H and O–H groups in total. The summed E-state index contributed by atoms with van der Waals surface area (Å²) in [6, 6.07) is 3.29. The summed E-state index contributed by atoms with van der Waals surface area (Å²) in [5, 5.41) is 9.88. The number of methoxy groups -OCH3 is 1. The van der Waals surface area contributed by atoms with Crippen LogP contribution >= 0.6 is 0 Å². The Morgan fingerprint density at radius 2 is 2.00 bits per heavy atom. The van der Waals surface area contributed by atoms with Crippen LogP contribution in [0.3, 0.4) is 0 Å². The second-order valence-corrected chi connectivity index (χ2v) is 7.60. The van der Waals surface area contributed by atoms with Crippen molar-refractivity contribution in [2.75, 3.05) is 13.7 Å². The normalized spacial score (nSPS) is 14.0. The fraction of sp³-hybridized carbons (Fsp3) is 0.571. The van der Waals surface area contributed by atoms with Gasteiger partial charge in [-0.2, -0.15) is 0 Å². The summed E-state index contributed by atoms with van der Waals surface area (Å²) < 4.78 is 44.8. The van der Waals surface area contributed by atoms with Gasteiger partial charge in [-0.3, -0.25) is 0 Å². The minimum Gasteiger partial charge on any atom is -0.495 e. The first-order valence-corrected chi connectivity index (χ1v) is 8.07. The summed E-state index contributed by atoms with van der Waals surface area (Å²) in [5.74, 6) is -0.592. The van der Waals surface area contributed by atoms with Gasteiger partial charge >= 0.3 is 0 Å². The van der Waals surface area contributed by atoms with Crippen LogP contribution in [0.5, 0.6) is 5.75 Å². The largest absolute Gasteiger partial charge is 0.495 e. The number of hydrogen-bond donors (Lipinski definition) is 2. The number of ether oxygens (including phenoxy) is 1. The first-order valence-electron chi connectivity index (χ1n) is 6.59. The maximum Gasteiger partial charge on any atom is 0.244 e. The van der Waals surface area contributed by atoms with Crippen LogP contribution in [0.4, 0.5) is 4.39 Å². The Morgan fingerprint density at radius 1 is 1.38 bits per heavy atom. The van der Waals surface area contributed by atoms with E-state index in [1.54, 1.807) is 0 Å². The van der Waals surface area contributed by atoms with Gasteiger partial charge in [0.25, 0.3) is 0 Å². The van der Waals surface area contributed by atoms with Crippen LogP contribution < -0.4 is 9.46 Å². The molecule has 0 aromatic heterocycles. The van der Waals surface area contributed by atoms with E-state index in [0.29, 0.717) is 0 Å². The monoisotopic (exact) mass is 319 g/mol. The highest BCUT2D eigenvalue weighted by Crippen LogP contribution is 2.25. The van der Waals surface area contributed by atoms with Gasteiger partial charge in [-0.15, -0.1) is 0 Å². The third-order valence-corrected chi connectivity index (χ3v) is 4.61. The third kappa shape index (κ3) is 4.94. The van der Waals surface area contributed by atoms with E-state index in [0.717, 1.165) is 12.1 Å². The van der Waals surface area contributed by atoms with E-state index in [9.17, 15) is 17.9 Å². The standard InChI is InChI=1S/C14H22FNO4S/c1-14(2,3)13(17)7-8-16-21(18,19)12-9-10(15)5-6-11(12)20-4/h5-6,9,13,16-17H,7-8H2,1-4H3/t13-/m0/s1. The number of sulfonamides is 1. The predicted molar refractivity (Wildman–Crippen MR) is 78.2 cm³/mol. The van der Waals surface area contributed by atoms with E-state index in [4.69, 9.17) is 4.74 Å². The molecule has 1 atom stereocenters. The van der Waals surface area contributed by atoms with E-state index in [-0.39, 0.29) is 29.0 Å². The number of nitrogens with one attached hydrogen (secondary N) is 1. The molecule has 7 heteroatoms. The van der Waals surface area contributed by atoms with Crippen molar-refractivity contribution in [3.05, 3.63) is 24.0 Å². The van der Waals surface area contributed by atoms with Gasteiger partial charge < -0.3 is 9.84 Å². The molecule has 0 aliphatic heterocycles. The molecule has 0 bridgehead atoms. The quantitative estimate of drug-likeness (QED) is 0.840. The average Bonchev–Trinajstić information content (AvgIpc) is 2.37. The van der Waals surface area contributed by atoms with Crippen molar-refractivity contribution in [1.29, 1.82) is 0 Å². The highest BCUT2D eigenvalue weighted by atomic mass is 32.2. The highest BCUT2D eigenvalue weighted by Gasteiger charge is 2.24. The SMILES string of the molecule is COc1ccc(F)cc1S(=O)(=O)NCC[C@H](O)C(C)(C)C. The summed E-state index contributed by atoms with van der Waals surface area (Å²) >= 11 is 0. The first kappa shape index (κ1) is 17.9. The van der Waals surface area contributed by atoms with Gasteiger partial charge in [0.1, 0.15) is 16.5 Å². The molecule has 1 rings (SSSR count). The van der Waals surface area contributed by atoms with Crippen molar-refractivity contribution >= 4 is 10.0 Å². The fourth-order valence-electron chi connectivity index (χ4n) is 1.70. The molecule has 120 valence electrons. The number of aliphatic hydroxyl groups is 1. The third-order valence-electron chi connectivity index (χ3n) is 3.12. The van der Waals surface area contributed by atoms with Gasteiger partial charge in [-0.25, -0.2) is 17.5 Å². The summed E-state index contributed by atoms with van der Waals surface area (Å²) in [4.78, 5) is -0.254. The predicted octanol–water partition coefficient (Wildman–Crippen LogP) is 1.91. The lowest BCUT2D eigenvalue weighted by Gasteiger charge is -2.25. The van der Waals surface area contributed by atoms with Crippen molar-refractivity contribution in [2.45, 2.75) is 38.2 Å². The van der Waals surface area contributed by atoms with Gasteiger partial charge in [-0.05, 0) is 30.0 Å². The maximum atomic E-state index is 13.2. The first-order chi connectivity index (χ1) is 9.58. The molecule has 0 radical (unpaired) electrons. The molecular formula is C14H22FNO4S. The Kier molecular flexibility index (Phi) is 5.72. The van der Waals surface area contributed by atoms with Gasteiger partial charge in [0.05, 0.1) is 13.2 Å². The molecule has 0 saturated carbocycles. The van der Waals surface area contributed by atoms with Crippen molar-refractivity contribution in [3.8, 4) is 5.75 Å². The summed E-state index contributed by atoms with van der Waals surface area (Å²) in [7, 11) is -2.58. The van der Waals surface area contributed by atoms with Gasteiger partial charge in [0.2, 0.25) is 10.0 Å². The topological polar surface area (TPSA) is 75.6 Å². The lowest BCUT2D eigenvalue weighted by molar-refractivity contribution is 0.0571. The molecule has 1 aromatic rings. The summed E-state index contributed by atoms with van der Waals surface area (Å²) in [5.41, 5.74) is -0.331. The van der Waals surface area contributed by atoms with E-state index in [1.165, 1.54) is 13.2 Å². The van der Waals surface area contributed by atoms with Crippen LogP contribution in [-0.2, 0) is 10.0 Å². The number of aliphatic hydroxyl groups excluding tert-OH is 1. The van der Waals surface area contributed by atoms with Crippen LogP contribution in [0.2, 0.25) is 0 Å². The number of hydrogen-bond acceptors (Lipinski definition) is 4. The van der Waals surface area contributed by atoms with Crippen molar-refractivity contribution in [1.82, 2.24) is 4.72 Å². The van der Waals surface area contributed by atoms with Crippen molar-refractivity contribution in [3.63, 3.8) is 0 Å². The number of benzene rings is 1. The Morgan fingerprint density at radius 3 is 2.52 bits per heavy atom. The van der Waals surface area contributed by atoms with Crippen molar-refractivity contribution < 1.29 is 22.7 Å². The molecule has 0 heterocycles. The molecule has 5 nitrogen and oxygen atoms in total. The highest BCUT2D eigenvalue weighted by molar-refractivity contribution is 7.89. The van der Waals surface area contributed by atoms with Crippen molar-refractivity contribution in [2.24, 2.45) is 5.41 Å². The molecule has 21 heavy (non-hydrogen) atoms. The molecular weight excluding hydrogens is 297 g/mol. The van der Waals surface area contributed by atoms with Crippen LogP contribution in [0.25, 0.3) is 0 Å². The summed E-state index contributed by atoms with van der Waals surface area (Å²) in [6.45, 7) is 5.64. The molecule has 1 aromatic carbocycles. The van der Waals surface area contributed by atoms with Gasteiger partial charge in [0.15, 0.2) is 0 Å². The molecule has 0 aliphatic carbocycles. The van der Waals surface area contributed by atoms with E-state index in [1.807, 2.05) is 20.8 Å². The zero-order valence-corrected chi connectivity index (χ0v) is 13.5. The molecule has 0 amide bonds. The number of rotatable bonds is 6. The summed E-state index contributed by atoms with van der Waals surface area (Å²) in [6.07, 6.45) is -0.380. The van der Waals surface area contributed by atoms with Gasteiger partial charge in [-0.1, -0.05) is 20.8 Å².